The lowest BCUT2D eigenvalue weighted by Crippen LogP contribution is -1.92. The summed E-state index contributed by atoms with van der Waals surface area (Å²) in [7, 11) is 0. The van der Waals surface area contributed by atoms with E-state index >= 15 is 0 Å². The van der Waals surface area contributed by atoms with E-state index in [2.05, 4.69) is 4.98 Å². The van der Waals surface area contributed by atoms with Crippen molar-refractivity contribution in [2.75, 3.05) is 0 Å². The average Bonchev–Trinajstić information content (AvgIpc) is 2.95. The molecule has 0 spiro atoms. The second-order valence-corrected chi connectivity index (χ2v) is 5.36. The van der Waals surface area contributed by atoms with Crippen LogP contribution < -0.4 is 4.74 Å². The maximum Gasteiger partial charge on any atom is 0.126 e. The first kappa shape index (κ1) is 12.8. The Balaban J connectivity index is 1.69. The zero-order chi connectivity index (χ0) is 13.8. The second kappa shape index (κ2) is 5.84. The van der Waals surface area contributed by atoms with Crippen LogP contribution >= 0.6 is 11.3 Å². The van der Waals surface area contributed by atoms with Crippen LogP contribution in [0.5, 0.6) is 5.75 Å². The molecule has 3 aromatic rings. The van der Waals surface area contributed by atoms with Crippen molar-refractivity contribution >= 4 is 11.3 Å². The van der Waals surface area contributed by atoms with Crippen LogP contribution in [0.4, 0.5) is 4.39 Å². The number of benzene rings is 2. The molecular formula is C16H12FNOS. The van der Waals surface area contributed by atoms with Gasteiger partial charge >= 0.3 is 0 Å². The van der Waals surface area contributed by atoms with Gasteiger partial charge in [-0.2, -0.15) is 0 Å². The van der Waals surface area contributed by atoms with E-state index in [0.717, 1.165) is 15.4 Å². The lowest BCUT2D eigenvalue weighted by atomic mass is 10.2. The fraction of sp³-hybridized carbons (Fsp3) is 0.0625. The summed E-state index contributed by atoms with van der Waals surface area (Å²) < 4.78 is 18.6. The van der Waals surface area contributed by atoms with Gasteiger partial charge in [0.1, 0.15) is 23.2 Å². The Hall–Kier alpha value is -2.20. The molecule has 4 heteroatoms. The Bertz CT molecular complexity index is 696. The van der Waals surface area contributed by atoms with Gasteiger partial charge in [-0.1, -0.05) is 36.4 Å². The molecule has 3 rings (SSSR count). The molecule has 0 radical (unpaired) electrons. The number of rotatable bonds is 4. The summed E-state index contributed by atoms with van der Waals surface area (Å²) in [5, 5.41) is 0.962. The number of hydrogen-bond donors (Lipinski definition) is 0. The highest BCUT2D eigenvalue weighted by Crippen LogP contribution is 2.25. The van der Waals surface area contributed by atoms with Crippen molar-refractivity contribution in [3.63, 3.8) is 0 Å². The van der Waals surface area contributed by atoms with Crippen molar-refractivity contribution in [3.8, 4) is 16.3 Å². The minimum atomic E-state index is -0.295. The molecular weight excluding hydrogens is 273 g/mol. The van der Waals surface area contributed by atoms with Crippen molar-refractivity contribution in [2.45, 2.75) is 6.61 Å². The van der Waals surface area contributed by atoms with Gasteiger partial charge in [-0.05, 0) is 12.1 Å². The molecule has 0 aliphatic rings. The summed E-state index contributed by atoms with van der Waals surface area (Å²) in [6, 6.07) is 16.1. The lowest BCUT2D eigenvalue weighted by molar-refractivity contribution is 0.308. The van der Waals surface area contributed by atoms with Crippen molar-refractivity contribution in [2.24, 2.45) is 0 Å². The Morgan fingerprint density at radius 1 is 1.05 bits per heavy atom. The highest BCUT2D eigenvalue weighted by atomic mass is 32.1. The maximum atomic E-state index is 13.0. The standard InChI is InChI=1S/C16H12FNOS/c17-13-7-4-8-14(9-13)19-11-15-10-18-16(20-15)12-5-2-1-3-6-12/h1-10H,11H2. The fourth-order valence-electron chi connectivity index (χ4n) is 1.80. The molecule has 0 saturated heterocycles. The van der Waals surface area contributed by atoms with Crippen LogP contribution in [-0.4, -0.2) is 4.98 Å². The zero-order valence-corrected chi connectivity index (χ0v) is 11.4. The first-order valence-corrected chi connectivity index (χ1v) is 7.01. The minimum absolute atomic E-state index is 0.295. The summed E-state index contributed by atoms with van der Waals surface area (Å²) in [6.45, 7) is 0.397. The van der Waals surface area contributed by atoms with Crippen molar-refractivity contribution in [1.82, 2.24) is 4.98 Å². The van der Waals surface area contributed by atoms with E-state index in [1.165, 1.54) is 12.1 Å². The number of ether oxygens (including phenoxy) is 1. The highest BCUT2D eigenvalue weighted by Gasteiger charge is 2.05. The summed E-state index contributed by atoms with van der Waals surface area (Å²) in [5.41, 5.74) is 1.09. The number of hydrogen-bond acceptors (Lipinski definition) is 3. The van der Waals surface area contributed by atoms with E-state index in [9.17, 15) is 4.39 Å². The molecule has 0 aliphatic heterocycles. The monoisotopic (exact) mass is 285 g/mol. The van der Waals surface area contributed by atoms with Crippen LogP contribution in [0.3, 0.4) is 0 Å². The van der Waals surface area contributed by atoms with E-state index < -0.39 is 0 Å². The maximum absolute atomic E-state index is 13.0. The Labute approximate surface area is 120 Å². The van der Waals surface area contributed by atoms with Crippen LogP contribution in [0.1, 0.15) is 4.88 Å². The Morgan fingerprint density at radius 3 is 2.70 bits per heavy atom. The highest BCUT2D eigenvalue weighted by molar-refractivity contribution is 7.15. The molecule has 0 unspecified atom stereocenters. The normalized spacial score (nSPS) is 10.4. The van der Waals surface area contributed by atoms with Gasteiger partial charge in [-0.15, -0.1) is 11.3 Å². The van der Waals surface area contributed by atoms with Gasteiger partial charge < -0.3 is 4.74 Å². The van der Waals surface area contributed by atoms with E-state index in [4.69, 9.17) is 4.74 Å². The molecule has 0 aliphatic carbocycles. The SMILES string of the molecule is Fc1cccc(OCc2cnc(-c3ccccc3)s2)c1. The van der Waals surface area contributed by atoms with Crippen molar-refractivity contribution < 1.29 is 9.13 Å². The molecule has 0 amide bonds. The predicted molar refractivity (Wildman–Crippen MR) is 78.3 cm³/mol. The van der Waals surface area contributed by atoms with Crippen LogP contribution in [0, 0.1) is 5.82 Å². The summed E-state index contributed by atoms with van der Waals surface area (Å²) in [5.74, 6) is 0.233. The summed E-state index contributed by atoms with van der Waals surface area (Å²) >= 11 is 1.58. The van der Waals surface area contributed by atoms with Gasteiger partial charge in [-0.3, -0.25) is 0 Å². The molecule has 0 fully saturated rings. The van der Waals surface area contributed by atoms with Gasteiger partial charge in [0.25, 0.3) is 0 Å². The van der Waals surface area contributed by atoms with E-state index in [1.54, 1.807) is 29.7 Å². The first-order chi connectivity index (χ1) is 9.81. The Morgan fingerprint density at radius 2 is 1.90 bits per heavy atom. The van der Waals surface area contributed by atoms with Crippen molar-refractivity contribution in [3.05, 3.63) is 71.5 Å². The smallest absolute Gasteiger partial charge is 0.126 e. The molecule has 1 aromatic heterocycles. The zero-order valence-electron chi connectivity index (χ0n) is 10.6. The summed E-state index contributed by atoms with van der Waals surface area (Å²) in [6.07, 6.45) is 1.80. The van der Waals surface area contributed by atoms with E-state index in [-0.39, 0.29) is 5.82 Å². The third kappa shape index (κ3) is 3.03. The number of nitrogens with zero attached hydrogens (tertiary/aromatic N) is 1. The molecule has 0 atom stereocenters. The molecule has 2 nitrogen and oxygen atoms in total. The van der Waals surface area contributed by atoms with Gasteiger partial charge in [0.2, 0.25) is 0 Å². The van der Waals surface area contributed by atoms with Gasteiger partial charge in [-0.25, -0.2) is 9.37 Å². The quantitative estimate of drug-likeness (QED) is 0.702. The lowest BCUT2D eigenvalue weighted by Gasteiger charge is -2.03. The number of thiazole rings is 1. The van der Waals surface area contributed by atoms with E-state index in [1.807, 2.05) is 30.3 Å². The topological polar surface area (TPSA) is 22.1 Å². The van der Waals surface area contributed by atoms with Gasteiger partial charge in [0.15, 0.2) is 0 Å². The first-order valence-electron chi connectivity index (χ1n) is 6.20. The van der Waals surface area contributed by atoms with E-state index in [0.29, 0.717) is 12.4 Å². The average molecular weight is 285 g/mol. The van der Waals surface area contributed by atoms with Crippen molar-refractivity contribution in [1.29, 1.82) is 0 Å². The molecule has 0 saturated carbocycles. The largest absolute Gasteiger partial charge is 0.488 e. The molecule has 0 N–H and O–H groups in total. The molecule has 20 heavy (non-hydrogen) atoms. The third-order valence-electron chi connectivity index (χ3n) is 2.75. The van der Waals surface area contributed by atoms with Crippen LogP contribution in [0.2, 0.25) is 0 Å². The van der Waals surface area contributed by atoms with Crippen LogP contribution in [0.15, 0.2) is 60.8 Å². The molecule has 100 valence electrons. The fourth-order valence-corrected chi connectivity index (χ4v) is 2.63. The van der Waals surface area contributed by atoms with Gasteiger partial charge in [0.05, 0.1) is 4.88 Å². The molecule has 1 heterocycles. The predicted octanol–water partition coefficient (Wildman–Crippen LogP) is 4.53. The number of halogens is 1. The van der Waals surface area contributed by atoms with Crippen LogP contribution in [0.25, 0.3) is 10.6 Å². The number of aromatic nitrogens is 1. The van der Waals surface area contributed by atoms with Gasteiger partial charge in [0, 0.05) is 17.8 Å². The molecule has 2 aromatic carbocycles. The Kier molecular flexibility index (Phi) is 3.74. The van der Waals surface area contributed by atoms with Crippen LogP contribution in [-0.2, 0) is 6.61 Å². The minimum Gasteiger partial charge on any atom is -0.488 e. The summed E-state index contributed by atoms with van der Waals surface area (Å²) in [4.78, 5) is 5.39. The molecule has 0 bridgehead atoms. The third-order valence-corrected chi connectivity index (χ3v) is 3.77. The second-order valence-electron chi connectivity index (χ2n) is 4.24.